The van der Waals surface area contributed by atoms with Crippen LogP contribution in [0.4, 0.5) is 0 Å². The number of rotatable bonds is 7. The number of likely N-dealkylation sites (N-methyl/N-ethyl adjacent to an activating group) is 1. The van der Waals surface area contributed by atoms with Gasteiger partial charge in [-0.1, -0.05) is 0 Å². The summed E-state index contributed by atoms with van der Waals surface area (Å²) in [5, 5.41) is 5.52. The molecule has 0 aromatic carbocycles. The quantitative estimate of drug-likeness (QED) is 0.483. The Hall–Kier alpha value is -1.14. The molecule has 1 rings (SSSR count). The van der Waals surface area contributed by atoms with Gasteiger partial charge in [-0.15, -0.1) is 0 Å². The largest absolute Gasteiger partial charge is 0.354 e. The summed E-state index contributed by atoms with van der Waals surface area (Å²) in [6.07, 6.45) is 2.15. The van der Waals surface area contributed by atoms with Crippen molar-refractivity contribution in [1.29, 1.82) is 0 Å². The second kappa shape index (κ2) is 6.44. The van der Waals surface area contributed by atoms with E-state index in [0.717, 1.165) is 12.8 Å². The Kier molecular flexibility index (Phi) is 5.21. The third-order valence-electron chi connectivity index (χ3n) is 2.24. The van der Waals surface area contributed by atoms with Gasteiger partial charge >= 0.3 is 0 Å². The minimum absolute atomic E-state index is 0.0170. The molecule has 0 aromatic heterocycles. The van der Waals surface area contributed by atoms with E-state index in [2.05, 4.69) is 10.6 Å². The molecule has 1 aliphatic rings. The summed E-state index contributed by atoms with van der Waals surface area (Å²) >= 11 is 0. The molecule has 0 aromatic rings. The summed E-state index contributed by atoms with van der Waals surface area (Å²) in [6.45, 7) is 1.38. The van der Waals surface area contributed by atoms with Gasteiger partial charge in [0.1, 0.15) is 0 Å². The van der Waals surface area contributed by atoms with Crippen LogP contribution in [0, 0.1) is 0 Å². The average molecular weight is 228 g/mol. The Morgan fingerprint density at radius 2 is 1.94 bits per heavy atom. The van der Waals surface area contributed by atoms with Crippen molar-refractivity contribution in [2.24, 2.45) is 5.73 Å². The van der Waals surface area contributed by atoms with Crippen LogP contribution in [0.15, 0.2) is 0 Å². The maximum absolute atomic E-state index is 11.4. The average Bonchev–Trinajstić information content (AvgIpc) is 2.97. The first-order chi connectivity index (χ1) is 7.61. The molecule has 0 atom stereocenters. The van der Waals surface area contributed by atoms with E-state index in [-0.39, 0.29) is 24.9 Å². The van der Waals surface area contributed by atoms with E-state index >= 15 is 0 Å². The fraction of sp³-hybridized carbons (Fsp3) is 0.800. The fourth-order valence-corrected chi connectivity index (χ4v) is 1.31. The van der Waals surface area contributed by atoms with E-state index in [1.807, 2.05) is 0 Å². The van der Waals surface area contributed by atoms with E-state index in [1.54, 1.807) is 11.9 Å². The van der Waals surface area contributed by atoms with Crippen molar-refractivity contribution < 1.29 is 9.59 Å². The lowest BCUT2D eigenvalue weighted by Gasteiger charge is -2.15. The number of hydrogen-bond acceptors (Lipinski definition) is 4. The number of amides is 2. The lowest BCUT2D eigenvalue weighted by atomic mass is 10.4. The summed E-state index contributed by atoms with van der Waals surface area (Å²) in [5.74, 6) is -0.121. The predicted molar refractivity (Wildman–Crippen MR) is 60.7 cm³/mol. The second-order valence-corrected chi connectivity index (χ2v) is 4.15. The molecular weight excluding hydrogens is 208 g/mol. The van der Waals surface area contributed by atoms with Crippen LogP contribution < -0.4 is 16.4 Å². The van der Waals surface area contributed by atoms with Crippen molar-refractivity contribution >= 4 is 11.8 Å². The zero-order chi connectivity index (χ0) is 12.0. The van der Waals surface area contributed by atoms with E-state index in [9.17, 15) is 9.59 Å². The zero-order valence-corrected chi connectivity index (χ0v) is 9.66. The van der Waals surface area contributed by atoms with Crippen LogP contribution in [0.1, 0.15) is 12.8 Å². The first kappa shape index (κ1) is 12.9. The molecule has 0 aliphatic heterocycles. The van der Waals surface area contributed by atoms with Gasteiger partial charge in [-0.3, -0.25) is 14.5 Å². The maximum Gasteiger partial charge on any atom is 0.234 e. The molecule has 6 heteroatoms. The number of nitrogens with two attached hydrogens (primary N) is 1. The van der Waals surface area contributed by atoms with Crippen LogP contribution in [0.3, 0.4) is 0 Å². The van der Waals surface area contributed by atoms with Gasteiger partial charge in [0.15, 0.2) is 0 Å². The maximum atomic E-state index is 11.4. The van der Waals surface area contributed by atoms with E-state index in [0.29, 0.717) is 19.1 Å². The molecule has 16 heavy (non-hydrogen) atoms. The monoisotopic (exact) mass is 228 g/mol. The molecule has 0 spiro atoms. The van der Waals surface area contributed by atoms with Gasteiger partial charge in [0.25, 0.3) is 0 Å². The van der Waals surface area contributed by atoms with Crippen molar-refractivity contribution in [3.05, 3.63) is 0 Å². The first-order valence-corrected chi connectivity index (χ1v) is 5.56. The van der Waals surface area contributed by atoms with Crippen LogP contribution in [-0.4, -0.2) is 56.0 Å². The van der Waals surface area contributed by atoms with Gasteiger partial charge in [-0.2, -0.15) is 0 Å². The minimum atomic E-state index is -0.104. The van der Waals surface area contributed by atoms with Gasteiger partial charge < -0.3 is 16.4 Å². The topological polar surface area (TPSA) is 87.5 Å². The zero-order valence-electron chi connectivity index (χ0n) is 9.66. The normalized spacial score (nSPS) is 14.9. The van der Waals surface area contributed by atoms with E-state index in [4.69, 9.17) is 5.73 Å². The summed E-state index contributed by atoms with van der Waals surface area (Å²) in [6, 6.07) is 0.368. The number of hydrogen-bond donors (Lipinski definition) is 3. The van der Waals surface area contributed by atoms with Crippen molar-refractivity contribution in [3.8, 4) is 0 Å². The van der Waals surface area contributed by atoms with E-state index in [1.165, 1.54) is 0 Å². The van der Waals surface area contributed by atoms with Gasteiger partial charge in [0.2, 0.25) is 11.8 Å². The lowest BCUT2D eigenvalue weighted by molar-refractivity contribution is -0.124. The van der Waals surface area contributed by atoms with Gasteiger partial charge in [0, 0.05) is 19.1 Å². The van der Waals surface area contributed by atoms with Crippen molar-refractivity contribution in [2.75, 3.05) is 33.2 Å². The summed E-state index contributed by atoms with van der Waals surface area (Å²) in [4.78, 5) is 24.4. The summed E-state index contributed by atoms with van der Waals surface area (Å²) in [7, 11) is 1.74. The molecule has 1 fully saturated rings. The molecule has 0 saturated heterocycles. The van der Waals surface area contributed by atoms with E-state index < -0.39 is 0 Å². The second-order valence-electron chi connectivity index (χ2n) is 4.15. The van der Waals surface area contributed by atoms with Crippen LogP contribution in [-0.2, 0) is 9.59 Å². The highest BCUT2D eigenvalue weighted by atomic mass is 16.2. The van der Waals surface area contributed by atoms with Crippen molar-refractivity contribution in [2.45, 2.75) is 18.9 Å². The molecule has 4 N–H and O–H groups in total. The third-order valence-corrected chi connectivity index (χ3v) is 2.24. The molecule has 2 amide bonds. The fourth-order valence-electron chi connectivity index (χ4n) is 1.31. The molecular formula is C10H20N4O2. The molecule has 0 bridgehead atoms. The number of nitrogens with one attached hydrogen (secondary N) is 2. The highest BCUT2D eigenvalue weighted by Crippen LogP contribution is 2.18. The Balaban J connectivity index is 2.10. The molecule has 92 valence electrons. The highest BCUT2D eigenvalue weighted by molar-refractivity contribution is 5.81. The number of nitrogens with zero attached hydrogens (tertiary/aromatic N) is 1. The van der Waals surface area contributed by atoms with Crippen molar-refractivity contribution in [1.82, 2.24) is 15.5 Å². The van der Waals surface area contributed by atoms with Gasteiger partial charge in [0.05, 0.1) is 13.1 Å². The number of carbonyl (C=O) groups excluding carboxylic acids is 2. The number of carbonyl (C=O) groups is 2. The Morgan fingerprint density at radius 1 is 1.31 bits per heavy atom. The first-order valence-electron chi connectivity index (χ1n) is 5.56. The Morgan fingerprint density at radius 3 is 2.50 bits per heavy atom. The minimum Gasteiger partial charge on any atom is -0.354 e. The molecule has 1 saturated carbocycles. The van der Waals surface area contributed by atoms with Crippen LogP contribution in [0.5, 0.6) is 0 Å². The molecule has 0 radical (unpaired) electrons. The molecule has 1 aliphatic carbocycles. The highest BCUT2D eigenvalue weighted by Gasteiger charge is 2.23. The molecule has 6 nitrogen and oxygen atoms in total. The molecule has 0 heterocycles. The van der Waals surface area contributed by atoms with Gasteiger partial charge in [-0.05, 0) is 19.9 Å². The van der Waals surface area contributed by atoms with Gasteiger partial charge in [-0.25, -0.2) is 0 Å². The van der Waals surface area contributed by atoms with Crippen LogP contribution in [0.25, 0.3) is 0 Å². The van der Waals surface area contributed by atoms with Crippen LogP contribution >= 0.6 is 0 Å². The summed E-state index contributed by atoms with van der Waals surface area (Å²) < 4.78 is 0. The smallest absolute Gasteiger partial charge is 0.234 e. The third kappa shape index (κ3) is 5.67. The molecule has 0 unspecified atom stereocenters. The Bertz CT molecular complexity index is 253. The van der Waals surface area contributed by atoms with Crippen LogP contribution in [0.2, 0.25) is 0 Å². The Labute approximate surface area is 95.5 Å². The standard InChI is InChI=1S/C10H20N4O2/c1-14(6-9(15)12-5-4-11)7-10(16)13-8-2-3-8/h8H,2-7,11H2,1H3,(H,12,15)(H,13,16). The predicted octanol–water partition coefficient (Wildman–Crippen LogP) is -1.73. The lowest BCUT2D eigenvalue weighted by Crippen LogP contribution is -2.42. The SMILES string of the molecule is CN(CC(=O)NCCN)CC(=O)NC1CC1. The van der Waals surface area contributed by atoms with Crippen molar-refractivity contribution in [3.63, 3.8) is 0 Å². The summed E-state index contributed by atoms with van der Waals surface area (Å²) in [5.41, 5.74) is 5.26.